The number of unbranched alkanes of at least 4 members (excludes halogenated alkanes) is 1. The average molecular weight is 302 g/mol. The van der Waals surface area contributed by atoms with Gasteiger partial charge in [0.2, 0.25) is 0 Å². The van der Waals surface area contributed by atoms with E-state index in [4.69, 9.17) is 15.2 Å². The first kappa shape index (κ1) is 18.9. The number of ether oxygens (including phenoxy) is 2. The van der Waals surface area contributed by atoms with Crippen molar-refractivity contribution in [3.63, 3.8) is 0 Å². The van der Waals surface area contributed by atoms with Gasteiger partial charge >= 0.3 is 0 Å². The number of methoxy groups -OCH3 is 1. The van der Waals surface area contributed by atoms with Crippen LogP contribution < -0.4 is 15.2 Å². The molecule has 1 aromatic rings. The lowest BCUT2D eigenvalue weighted by Gasteiger charge is -2.16. The van der Waals surface area contributed by atoms with Gasteiger partial charge in [-0.3, -0.25) is 0 Å². The Morgan fingerprint density at radius 3 is 2.50 bits per heavy atom. The van der Waals surface area contributed by atoms with Crippen LogP contribution in [0.5, 0.6) is 11.5 Å². The number of hydrogen-bond acceptors (Lipinski definition) is 3. The predicted octanol–water partition coefficient (Wildman–Crippen LogP) is 4.68. The number of rotatable bonds is 9. The summed E-state index contributed by atoms with van der Waals surface area (Å²) in [6.07, 6.45) is 6.20. The van der Waals surface area contributed by atoms with E-state index < -0.39 is 0 Å². The second kappa shape index (κ2) is 10.7. The molecular formula is C16H28ClNO2. The largest absolute Gasteiger partial charge is 0.493 e. The highest BCUT2D eigenvalue weighted by molar-refractivity contribution is 5.85. The first-order valence-electron chi connectivity index (χ1n) is 7.27. The van der Waals surface area contributed by atoms with E-state index in [0.29, 0.717) is 11.4 Å². The second-order valence-electron chi connectivity index (χ2n) is 4.96. The monoisotopic (exact) mass is 301 g/mol. The van der Waals surface area contributed by atoms with E-state index in [-0.39, 0.29) is 12.4 Å². The van der Waals surface area contributed by atoms with Crippen LogP contribution in [0.2, 0.25) is 0 Å². The Kier molecular flexibility index (Phi) is 10.1. The summed E-state index contributed by atoms with van der Waals surface area (Å²) < 4.78 is 11.1. The minimum absolute atomic E-state index is 0. The summed E-state index contributed by atoms with van der Waals surface area (Å²) in [6, 6.07) is 5.51. The van der Waals surface area contributed by atoms with E-state index in [1.54, 1.807) is 13.2 Å². The smallest absolute Gasteiger partial charge is 0.162 e. The molecule has 1 atom stereocenters. The summed E-state index contributed by atoms with van der Waals surface area (Å²) in [5, 5.41) is 0. The molecular weight excluding hydrogens is 274 g/mol. The third kappa shape index (κ3) is 6.38. The van der Waals surface area contributed by atoms with Gasteiger partial charge in [0.25, 0.3) is 0 Å². The lowest BCUT2D eigenvalue weighted by atomic mass is 9.96. The fourth-order valence-corrected chi connectivity index (χ4v) is 2.18. The normalized spacial score (nSPS) is 11.6. The zero-order valence-corrected chi connectivity index (χ0v) is 13.7. The molecule has 0 aliphatic heterocycles. The summed E-state index contributed by atoms with van der Waals surface area (Å²) in [7, 11) is 1.64. The summed E-state index contributed by atoms with van der Waals surface area (Å²) in [4.78, 5) is 0. The van der Waals surface area contributed by atoms with Crippen molar-refractivity contribution in [3.8, 4) is 11.5 Å². The van der Waals surface area contributed by atoms with Crippen molar-refractivity contribution in [3.05, 3.63) is 18.2 Å². The van der Waals surface area contributed by atoms with Crippen LogP contribution >= 0.6 is 12.4 Å². The first-order valence-corrected chi connectivity index (χ1v) is 7.27. The molecule has 0 fully saturated rings. The molecule has 0 saturated carbocycles. The van der Waals surface area contributed by atoms with Gasteiger partial charge in [-0.2, -0.15) is 0 Å². The minimum atomic E-state index is 0. The molecule has 3 nitrogen and oxygen atoms in total. The quantitative estimate of drug-likeness (QED) is 0.673. The zero-order valence-electron chi connectivity index (χ0n) is 12.9. The lowest BCUT2D eigenvalue weighted by molar-refractivity contribution is 0.255. The summed E-state index contributed by atoms with van der Waals surface area (Å²) in [6.45, 7) is 5.23. The number of hydrogen-bond donors (Lipinski definition) is 1. The van der Waals surface area contributed by atoms with Crippen molar-refractivity contribution in [2.24, 2.45) is 5.92 Å². The Morgan fingerprint density at radius 1 is 1.15 bits per heavy atom. The van der Waals surface area contributed by atoms with E-state index >= 15 is 0 Å². The Balaban J connectivity index is 0.00000361. The zero-order chi connectivity index (χ0) is 14.1. The summed E-state index contributed by atoms with van der Waals surface area (Å²) in [5.74, 6) is 2.25. The SMILES string of the molecule is CCCCC(CC)CCOc1ccc(N)cc1OC.Cl. The molecule has 0 spiro atoms. The topological polar surface area (TPSA) is 44.5 Å². The van der Waals surface area contributed by atoms with Crippen molar-refractivity contribution < 1.29 is 9.47 Å². The van der Waals surface area contributed by atoms with Crippen LogP contribution in [0.1, 0.15) is 46.0 Å². The standard InChI is InChI=1S/C16H27NO2.ClH/c1-4-6-7-13(5-2)10-11-19-15-9-8-14(17)12-16(15)18-3;/h8-9,12-13H,4-7,10-11,17H2,1-3H3;1H. The third-order valence-corrected chi connectivity index (χ3v) is 3.51. The molecule has 116 valence electrons. The molecule has 2 N–H and O–H groups in total. The van der Waals surface area contributed by atoms with Crippen molar-refractivity contribution in [2.45, 2.75) is 46.0 Å². The number of benzene rings is 1. The Labute approximate surface area is 129 Å². The molecule has 1 rings (SSSR count). The van der Waals surface area contributed by atoms with Crippen LogP contribution in [0, 0.1) is 5.92 Å². The van der Waals surface area contributed by atoms with Crippen molar-refractivity contribution in [2.75, 3.05) is 19.5 Å². The van der Waals surface area contributed by atoms with Crippen LogP contribution in [-0.4, -0.2) is 13.7 Å². The number of nitrogens with two attached hydrogens (primary N) is 1. The van der Waals surface area contributed by atoms with Crippen LogP contribution in [0.25, 0.3) is 0 Å². The number of anilines is 1. The molecule has 1 unspecified atom stereocenters. The molecule has 4 heteroatoms. The molecule has 0 amide bonds. The average Bonchev–Trinajstić information content (AvgIpc) is 2.43. The fraction of sp³-hybridized carbons (Fsp3) is 0.625. The fourth-order valence-electron chi connectivity index (χ4n) is 2.18. The maximum absolute atomic E-state index is 5.81. The van der Waals surface area contributed by atoms with Gasteiger partial charge in [0.1, 0.15) is 0 Å². The van der Waals surface area contributed by atoms with E-state index in [1.165, 1.54) is 25.7 Å². The van der Waals surface area contributed by atoms with Gasteiger partial charge in [-0.1, -0.05) is 39.5 Å². The van der Waals surface area contributed by atoms with E-state index in [1.807, 2.05) is 12.1 Å². The number of nitrogen functional groups attached to an aromatic ring is 1. The van der Waals surface area contributed by atoms with Gasteiger partial charge in [-0.25, -0.2) is 0 Å². The van der Waals surface area contributed by atoms with E-state index in [9.17, 15) is 0 Å². The minimum Gasteiger partial charge on any atom is -0.493 e. The Morgan fingerprint density at radius 2 is 1.90 bits per heavy atom. The highest BCUT2D eigenvalue weighted by Gasteiger charge is 2.08. The molecule has 0 aliphatic rings. The van der Waals surface area contributed by atoms with Gasteiger partial charge < -0.3 is 15.2 Å². The van der Waals surface area contributed by atoms with Gasteiger partial charge in [0.15, 0.2) is 11.5 Å². The van der Waals surface area contributed by atoms with Crippen LogP contribution in [0.3, 0.4) is 0 Å². The van der Waals surface area contributed by atoms with E-state index in [0.717, 1.165) is 24.7 Å². The maximum Gasteiger partial charge on any atom is 0.162 e. The molecule has 0 aliphatic carbocycles. The van der Waals surface area contributed by atoms with Gasteiger partial charge in [-0.05, 0) is 24.5 Å². The van der Waals surface area contributed by atoms with Crippen LogP contribution in [0.4, 0.5) is 5.69 Å². The van der Waals surface area contributed by atoms with Crippen molar-refractivity contribution in [1.82, 2.24) is 0 Å². The van der Waals surface area contributed by atoms with Crippen LogP contribution in [0.15, 0.2) is 18.2 Å². The van der Waals surface area contributed by atoms with Gasteiger partial charge in [0.05, 0.1) is 13.7 Å². The second-order valence-corrected chi connectivity index (χ2v) is 4.96. The highest BCUT2D eigenvalue weighted by Crippen LogP contribution is 2.29. The molecule has 20 heavy (non-hydrogen) atoms. The summed E-state index contributed by atoms with van der Waals surface area (Å²) in [5.41, 5.74) is 6.41. The summed E-state index contributed by atoms with van der Waals surface area (Å²) >= 11 is 0. The molecule has 0 aromatic heterocycles. The molecule has 0 bridgehead atoms. The predicted molar refractivity (Wildman–Crippen MR) is 88.1 cm³/mol. The molecule has 1 aromatic carbocycles. The molecule has 0 radical (unpaired) electrons. The van der Waals surface area contributed by atoms with Crippen LogP contribution in [-0.2, 0) is 0 Å². The van der Waals surface area contributed by atoms with Gasteiger partial charge in [-0.15, -0.1) is 12.4 Å². The third-order valence-electron chi connectivity index (χ3n) is 3.51. The molecule has 0 saturated heterocycles. The maximum atomic E-state index is 5.81. The van der Waals surface area contributed by atoms with E-state index in [2.05, 4.69) is 13.8 Å². The highest BCUT2D eigenvalue weighted by atomic mass is 35.5. The Bertz CT molecular complexity index is 371. The van der Waals surface area contributed by atoms with Crippen molar-refractivity contribution >= 4 is 18.1 Å². The molecule has 0 heterocycles. The van der Waals surface area contributed by atoms with Gasteiger partial charge in [0, 0.05) is 11.8 Å². The lowest BCUT2D eigenvalue weighted by Crippen LogP contribution is -2.07. The first-order chi connectivity index (χ1) is 9.21. The van der Waals surface area contributed by atoms with Crippen molar-refractivity contribution in [1.29, 1.82) is 0 Å². The number of halogens is 1. The Hall–Kier alpha value is -1.09.